The summed E-state index contributed by atoms with van der Waals surface area (Å²) >= 11 is 1.16. The molecule has 3 rings (SSSR count). The molecule has 0 aromatic carbocycles. The van der Waals surface area contributed by atoms with Gasteiger partial charge in [-0.3, -0.25) is 14.2 Å². The first kappa shape index (κ1) is 21.8. The summed E-state index contributed by atoms with van der Waals surface area (Å²) in [7, 11) is -0.0777. The smallest absolute Gasteiger partial charge is 0.263 e. The van der Waals surface area contributed by atoms with Gasteiger partial charge in [-0.25, -0.2) is 13.4 Å². The molecule has 0 atom stereocenters. The van der Waals surface area contributed by atoms with Crippen LogP contribution < -0.4 is 10.9 Å². The number of fused-ring (bicyclic) bond motifs is 1. The molecule has 0 unspecified atom stereocenters. The highest BCUT2D eigenvalue weighted by atomic mass is 32.2. The van der Waals surface area contributed by atoms with E-state index >= 15 is 0 Å². The van der Waals surface area contributed by atoms with E-state index in [1.807, 2.05) is 19.0 Å². The lowest BCUT2D eigenvalue weighted by Gasteiger charge is -2.26. The van der Waals surface area contributed by atoms with E-state index in [0.717, 1.165) is 15.9 Å². The number of aromatic nitrogens is 2. The zero-order valence-electron chi connectivity index (χ0n) is 16.7. The lowest BCUT2D eigenvalue weighted by Crippen LogP contribution is -2.41. The summed E-state index contributed by atoms with van der Waals surface area (Å²) in [5, 5.41) is 2.78. The number of amides is 1. The van der Waals surface area contributed by atoms with Crippen molar-refractivity contribution in [3.05, 3.63) is 21.6 Å². The molecule has 0 bridgehead atoms. The summed E-state index contributed by atoms with van der Waals surface area (Å²) in [6.45, 7) is 3.67. The topological polar surface area (TPSA) is 114 Å². The van der Waals surface area contributed by atoms with Crippen LogP contribution in [0.2, 0.25) is 0 Å². The number of nitrogens with zero attached hydrogens (tertiary/aromatic N) is 4. The van der Waals surface area contributed by atoms with Gasteiger partial charge < -0.3 is 15.0 Å². The van der Waals surface area contributed by atoms with Crippen LogP contribution >= 0.6 is 11.3 Å². The van der Waals surface area contributed by atoms with Crippen LogP contribution in [0, 0.1) is 6.92 Å². The number of rotatable bonds is 7. The minimum atomic E-state index is -3.86. The van der Waals surface area contributed by atoms with Crippen LogP contribution in [0.25, 0.3) is 10.2 Å². The Balaban J connectivity index is 1.94. The first-order chi connectivity index (χ1) is 13.7. The first-order valence-corrected chi connectivity index (χ1v) is 11.5. The van der Waals surface area contributed by atoms with E-state index in [9.17, 15) is 18.0 Å². The summed E-state index contributed by atoms with van der Waals surface area (Å²) in [5.41, 5.74) is -0.533. The molecule has 160 valence electrons. The quantitative estimate of drug-likeness (QED) is 0.612. The molecular weight excluding hydrogens is 418 g/mol. The fourth-order valence-electron chi connectivity index (χ4n) is 3.08. The molecule has 10 nitrogen and oxygen atoms in total. The van der Waals surface area contributed by atoms with Gasteiger partial charge in [-0.2, -0.15) is 4.31 Å². The number of morpholine rings is 1. The van der Waals surface area contributed by atoms with Crippen LogP contribution in [0.15, 0.2) is 16.0 Å². The van der Waals surface area contributed by atoms with Crippen molar-refractivity contribution in [1.29, 1.82) is 0 Å². The van der Waals surface area contributed by atoms with E-state index in [0.29, 0.717) is 36.0 Å². The molecule has 0 aliphatic carbocycles. The number of nitrogens with one attached hydrogen (secondary N) is 1. The van der Waals surface area contributed by atoms with Crippen LogP contribution in [0.5, 0.6) is 0 Å². The van der Waals surface area contributed by atoms with E-state index in [-0.39, 0.29) is 35.8 Å². The summed E-state index contributed by atoms with van der Waals surface area (Å²) in [6.07, 6.45) is 1.29. The Morgan fingerprint density at radius 2 is 2.03 bits per heavy atom. The molecule has 0 spiro atoms. The maximum Gasteiger partial charge on any atom is 0.263 e. The number of aryl methyl sites for hydroxylation is 1. The normalized spacial score (nSPS) is 15.9. The molecule has 2 aromatic heterocycles. The largest absolute Gasteiger partial charge is 0.379 e. The molecule has 29 heavy (non-hydrogen) atoms. The van der Waals surface area contributed by atoms with Gasteiger partial charge in [-0.05, 0) is 21.0 Å². The number of likely N-dealkylation sites (N-methyl/N-ethyl adjacent to an activating group) is 1. The van der Waals surface area contributed by atoms with Gasteiger partial charge >= 0.3 is 0 Å². The van der Waals surface area contributed by atoms with Gasteiger partial charge in [-0.15, -0.1) is 11.3 Å². The monoisotopic (exact) mass is 443 g/mol. The zero-order valence-corrected chi connectivity index (χ0v) is 18.3. The maximum absolute atomic E-state index is 13.2. The summed E-state index contributed by atoms with van der Waals surface area (Å²) in [4.78, 5) is 32.2. The van der Waals surface area contributed by atoms with Crippen molar-refractivity contribution in [2.24, 2.45) is 0 Å². The molecule has 0 radical (unpaired) electrons. The Bertz CT molecular complexity index is 1050. The van der Waals surface area contributed by atoms with E-state index in [4.69, 9.17) is 4.74 Å². The van der Waals surface area contributed by atoms with Crippen LogP contribution in [-0.4, -0.2) is 86.6 Å². The minimum absolute atomic E-state index is 0.0146. The molecule has 12 heteroatoms. The number of sulfonamides is 1. The lowest BCUT2D eigenvalue weighted by molar-refractivity contribution is -0.121. The number of carbonyl (C=O) groups is 1. The Hall–Kier alpha value is -1.86. The van der Waals surface area contributed by atoms with Crippen LogP contribution in [0.3, 0.4) is 0 Å². The third-order valence-electron chi connectivity index (χ3n) is 4.56. The van der Waals surface area contributed by atoms with Gasteiger partial charge in [0.1, 0.15) is 16.3 Å². The Kier molecular flexibility index (Phi) is 6.69. The van der Waals surface area contributed by atoms with Crippen molar-refractivity contribution < 1.29 is 17.9 Å². The maximum atomic E-state index is 13.2. The van der Waals surface area contributed by atoms with E-state index in [2.05, 4.69) is 10.3 Å². The van der Waals surface area contributed by atoms with Gasteiger partial charge in [-0.1, -0.05) is 0 Å². The fourth-order valence-corrected chi connectivity index (χ4v) is 6.16. The third-order valence-corrected chi connectivity index (χ3v) is 7.78. The molecule has 2 aromatic rings. The molecule has 1 amide bonds. The van der Waals surface area contributed by atoms with Gasteiger partial charge in [0.05, 0.1) is 24.9 Å². The average Bonchev–Trinajstić information content (AvgIpc) is 3.02. The first-order valence-electron chi connectivity index (χ1n) is 9.19. The molecule has 1 aliphatic rings. The van der Waals surface area contributed by atoms with Crippen LogP contribution in [0.1, 0.15) is 4.88 Å². The van der Waals surface area contributed by atoms with Gasteiger partial charge in [0.25, 0.3) is 5.56 Å². The van der Waals surface area contributed by atoms with Crippen molar-refractivity contribution in [1.82, 2.24) is 24.1 Å². The highest BCUT2D eigenvalue weighted by Crippen LogP contribution is 2.33. The Labute approximate surface area is 173 Å². The number of hydrogen-bond donors (Lipinski definition) is 1. The summed E-state index contributed by atoms with van der Waals surface area (Å²) < 4.78 is 34.1. The van der Waals surface area contributed by atoms with E-state index < -0.39 is 15.6 Å². The molecule has 1 saturated heterocycles. The predicted octanol–water partition coefficient (Wildman–Crippen LogP) is -0.535. The Morgan fingerprint density at radius 3 is 2.69 bits per heavy atom. The van der Waals surface area contributed by atoms with E-state index in [1.54, 1.807) is 6.92 Å². The fraction of sp³-hybridized carbons (Fsp3) is 0.588. The van der Waals surface area contributed by atoms with E-state index in [1.165, 1.54) is 10.6 Å². The third kappa shape index (κ3) is 4.67. The number of ether oxygens (including phenoxy) is 1. The summed E-state index contributed by atoms with van der Waals surface area (Å²) in [5.74, 6) is -0.334. The standard InChI is InChI=1S/C17H25N5O5S2/c1-12-15(29(25,26)22-6-8-27-9-7-22)14-16(28-12)19-11-21(17(14)24)10-13(23)18-4-5-20(2)3/h11H,4-10H2,1-3H3,(H,18,23). The van der Waals surface area contributed by atoms with Crippen LogP contribution in [0.4, 0.5) is 0 Å². The number of carbonyl (C=O) groups excluding carboxylic acids is 1. The molecule has 1 N–H and O–H groups in total. The van der Waals surface area contributed by atoms with Crippen molar-refractivity contribution >= 4 is 37.5 Å². The second-order valence-corrected chi connectivity index (χ2v) is 10.1. The van der Waals surface area contributed by atoms with Crippen molar-refractivity contribution in [3.63, 3.8) is 0 Å². The van der Waals surface area contributed by atoms with Crippen molar-refractivity contribution in [2.75, 3.05) is 53.5 Å². The average molecular weight is 444 g/mol. The Morgan fingerprint density at radius 1 is 1.34 bits per heavy atom. The van der Waals surface area contributed by atoms with Gasteiger partial charge in [0.15, 0.2) is 0 Å². The van der Waals surface area contributed by atoms with Crippen molar-refractivity contribution in [2.45, 2.75) is 18.4 Å². The predicted molar refractivity (Wildman–Crippen MR) is 110 cm³/mol. The number of thiophene rings is 1. The molecule has 1 aliphatic heterocycles. The second kappa shape index (κ2) is 8.88. The minimum Gasteiger partial charge on any atom is -0.379 e. The lowest BCUT2D eigenvalue weighted by atomic mass is 10.3. The molecule has 1 fully saturated rings. The highest BCUT2D eigenvalue weighted by Gasteiger charge is 2.32. The van der Waals surface area contributed by atoms with Crippen LogP contribution in [-0.2, 0) is 26.1 Å². The van der Waals surface area contributed by atoms with Crippen molar-refractivity contribution in [3.8, 4) is 0 Å². The number of hydrogen-bond acceptors (Lipinski definition) is 8. The van der Waals surface area contributed by atoms with Gasteiger partial charge in [0.2, 0.25) is 15.9 Å². The second-order valence-electron chi connectivity index (χ2n) is 7.01. The SMILES string of the molecule is Cc1sc2ncn(CC(=O)NCCN(C)C)c(=O)c2c1S(=O)(=O)N1CCOCC1. The highest BCUT2D eigenvalue weighted by molar-refractivity contribution is 7.89. The molecular formula is C17H25N5O5S2. The summed E-state index contributed by atoms with van der Waals surface area (Å²) in [6, 6.07) is 0. The molecule has 0 saturated carbocycles. The van der Waals surface area contributed by atoms with Gasteiger partial charge in [0, 0.05) is 31.1 Å². The zero-order chi connectivity index (χ0) is 21.2. The molecule has 3 heterocycles.